The molecule has 3 N–H and O–H groups in total. The molecule has 2 amide bonds. The van der Waals surface area contributed by atoms with E-state index in [0.29, 0.717) is 30.4 Å². The molecule has 3 aromatic rings. The number of carbonyl (C=O) groups is 2. The Labute approximate surface area is 251 Å². The maximum atomic E-state index is 12.3. The number of nitrogens with one attached hydrogen (secondary N) is 2. The standard InChI is InChI=1S/C32H40N4O5S/c1-22-28(21-42-32-34-17-6-18-35-32)40-31(41-30(22)26-12-10-25(20-37)11-13-26)27-14-8-24(9-15-27)19-36-29(39)7-4-3-5-16-33-23(2)38/h6,8-15,17-18,22,28,30-31,37H,3-5,7,16,19-21H2,1-2H3,(H,33,38)(H,36,39)/t22-,28+,30+,31+/m1/s1. The topological polar surface area (TPSA) is 123 Å². The molecule has 0 bridgehead atoms. The van der Waals surface area contributed by atoms with E-state index in [4.69, 9.17) is 9.47 Å². The molecule has 9 nitrogen and oxygen atoms in total. The molecule has 1 fully saturated rings. The molecule has 1 aromatic heterocycles. The van der Waals surface area contributed by atoms with Crippen molar-refractivity contribution in [2.45, 2.75) is 76.3 Å². The molecule has 0 spiro atoms. The van der Waals surface area contributed by atoms with Gasteiger partial charge < -0.3 is 25.2 Å². The first-order valence-electron chi connectivity index (χ1n) is 14.4. The molecule has 42 heavy (non-hydrogen) atoms. The van der Waals surface area contributed by atoms with Gasteiger partial charge in [0.1, 0.15) is 0 Å². The molecule has 2 aromatic carbocycles. The number of aliphatic hydroxyl groups excluding tert-OH is 1. The largest absolute Gasteiger partial charge is 0.392 e. The van der Waals surface area contributed by atoms with E-state index in [9.17, 15) is 14.7 Å². The molecule has 10 heteroatoms. The summed E-state index contributed by atoms with van der Waals surface area (Å²) >= 11 is 1.56. The highest BCUT2D eigenvalue weighted by Gasteiger charge is 2.38. The van der Waals surface area contributed by atoms with Crippen LogP contribution in [0, 0.1) is 5.92 Å². The average molecular weight is 593 g/mol. The van der Waals surface area contributed by atoms with Crippen molar-refractivity contribution in [3.05, 3.63) is 89.2 Å². The Balaban J connectivity index is 1.35. The van der Waals surface area contributed by atoms with Gasteiger partial charge in [-0.15, -0.1) is 0 Å². The molecule has 2 heterocycles. The fourth-order valence-electron chi connectivity index (χ4n) is 4.76. The Hall–Kier alpha value is -3.31. The number of thioether (sulfide) groups is 1. The number of hydrogen-bond acceptors (Lipinski definition) is 8. The predicted octanol–water partition coefficient (Wildman–Crippen LogP) is 4.87. The molecule has 0 aliphatic carbocycles. The van der Waals surface area contributed by atoms with Crippen molar-refractivity contribution < 1.29 is 24.2 Å². The summed E-state index contributed by atoms with van der Waals surface area (Å²) < 4.78 is 13.0. The number of ether oxygens (including phenoxy) is 2. The van der Waals surface area contributed by atoms with Crippen LogP contribution in [0.4, 0.5) is 0 Å². The fourth-order valence-corrected chi connectivity index (χ4v) is 5.73. The number of nitrogens with zero attached hydrogens (tertiary/aromatic N) is 2. The number of unbranched alkanes of at least 4 members (excludes halogenated alkanes) is 2. The second kappa shape index (κ2) is 16.4. The molecule has 1 aliphatic heterocycles. The highest BCUT2D eigenvalue weighted by Crippen LogP contribution is 2.42. The molecule has 0 radical (unpaired) electrons. The Bertz CT molecular complexity index is 1260. The number of aliphatic hydroxyl groups is 1. The second-order valence-corrected chi connectivity index (χ2v) is 11.5. The van der Waals surface area contributed by atoms with Crippen molar-refractivity contribution in [1.82, 2.24) is 20.6 Å². The van der Waals surface area contributed by atoms with E-state index in [1.165, 1.54) is 6.92 Å². The van der Waals surface area contributed by atoms with E-state index >= 15 is 0 Å². The third-order valence-electron chi connectivity index (χ3n) is 7.24. The van der Waals surface area contributed by atoms with Crippen LogP contribution in [0.5, 0.6) is 0 Å². The highest BCUT2D eigenvalue weighted by atomic mass is 32.2. The number of hydrogen-bond donors (Lipinski definition) is 3. The SMILES string of the molecule is CC(=O)NCCCCCC(=O)NCc1ccc([C@H]2O[C@@H](CSc3ncccn3)[C@@H](C)[C@@H](c3ccc(CO)cc3)O2)cc1. The number of aromatic nitrogens is 2. The number of amides is 2. The summed E-state index contributed by atoms with van der Waals surface area (Å²) in [5.74, 6) is 0.732. The van der Waals surface area contributed by atoms with Crippen LogP contribution in [-0.4, -0.2) is 45.3 Å². The van der Waals surface area contributed by atoms with Gasteiger partial charge >= 0.3 is 0 Å². The molecule has 1 aliphatic rings. The summed E-state index contributed by atoms with van der Waals surface area (Å²) in [5.41, 5.74) is 3.78. The van der Waals surface area contributed by atoms with Crippen LogP contribution in [0.2, 0.25) is 0 Å². The minimum atomic E-state index is -0.563. The molecule has 0 unspecified atom stereocenters. The zero-order chi connectivity index (χ0) is 29.7. The van der Waals surface area contributed by atoms with Crippen molar-refractivity contribution >= 4 is 23.6 Å². The smallest absolute Gasteiger partial charge is 0.220 e. The minimum absolute atomic E-state index is 0.00380. The van der Waals surface area contributed by atoms with E-state index < -0.39 is 6.29 Å². The summed E-state index contributed by atoms with van der Waals surface area (Å²) in [7, 11) is 0. The van der Waals surface area contributed by atoms with Gasteiger partial charge in [-0.25, -0.2) is 9.97 Å². The lowest BCUT2D eigenvalue weighted by Crippen LogP contribution is -2.38. The van der Waals surface area contributed by atoms with E-state index in [1.54, 1.807) is 30.2 Å². The van der Waals surface area contributed by atoms with Gasteiger partial charge in [0.25, 0.3) is 0 Å². The van der Waals surface area contributed by atoms with Gasteiger partial charge in [0, 0.05) is 56.1 Å². The molecule has 1 saturated heterocycles. The van der Waals surface area contributed by atoms with Crippen molar-refractivity contribution in [1.29, 1.82) is 0 Å². The normalized spacial score (nSPS) is 20.2. The van der Waals surface area contributed by atoms with Gasteiger partial charge in [-0.1, -0.05) is 73.6 Å². The van der Waals surface area contributed by atoms with Crippen LogP contribution < -0.4 is 10.6 Å². The van der Waals surface area contributed by atoms with Crippen molar-refractivity contribution in [3.63, 3.8) is 0 Å². The quantitative estimate of drug-likeness (QED) is 0.138. The Morgan fingerprint density at radius 1 is 0.905 bits per heavy atom. The summed E-state index contributed by atoms with van der Waals surface area (Å²) in [6, 6.07) is 17.6. The lowest BCUT2D eigenvalue weighted by Gasteiger charge is -2.41. The zero-order valence-corrected chi connectivity index (χ0v) is 25.0. The van der Waals surface area contributed by atoms with Gasteiger partial charge in [-0.05, 0) is 35.6 Å². The van der Waals surface area contributed by atoms with Gasteiger partial charge in [0.15, 0.2) is 11.4 Å². The Morgan fingerprint density at radius 2 is 1.60 bits per heavy atom. The maximum absolute atomic E-state index is 12.3. The first-order valence-corrected chi connectivity index (χ1v) is 15.4. The minimum Gasteiger partial charge on any atom is -0.392 e. The van der Waals surface area contributed by atoms with Gasteiger partial charge in [0.2, 0.25) is 11.8 Å². The van der Waals surface area contributed by atoms with Crippen LogP contribution in [0.3, 0.4) is 0 Å². The lowest BCUT2D eigenvalue weighted by molar-refractivity contribution is -0.268. The van der Waals surface area contributed by atoms with Gasteiger partial charge in [0.05, 0.1) is 18.8 Å². The second-order valence-electron chi connectivity index (χ2n) is 10.5. The first-order chi connectivity index (χ1) is 20.4. The third kappa shape index (κ3) is 9.62. The van der Waals surface area contributed by atoms with E-state index in [0.717, 1.165) is 41.5 Å². The number of rotatable bonds is 14. The lowest BCUT2D eigenvalue weighted by atomic mass is 9.91. The van der Waals surface area contributed by atoms with Crippen LogP contribution in [0.1, 0.15) is 74.2 Å². The molecule has 224 valence electrons. The van der Waals surface area contributed by atoms with Crippen LogP contribution in [0.15, 0.2) is 72.1 Å². The highest BCUT2D eigenvalue weighted by molar-refractivity contribution is 7.99. The van der Waals surface area contributed by atoms with Crippen LogP contribution in [-0.2, 0) is 32.2 Å². The van der Waals surface area contributed by atoms with Gasteiger partial charge in [-0.3, -0.25) is 9.59 Å². The maximum Gasteiger partial charge on any atom is 0.220 e. The summed E-state index contributed by atoms with van der Waals surface area (Å²) in [6.45, 7) is 4.73. The summed E-state index contributed by atoms with van der Waals surface area (Å²) in [4.78, 5) is 31.8. The first kappa shape index (κ1) is 31.6. The Kier molecular flexibility index (Phi) is 12.3. The fraction of sp³-hybridized carbons (Fsp3) is 0.438. The van der Waals surface area contributed by atoms with E-state index in [-0.39, 0.29) is 36.5 Å². The molecular formula is C32H40N4O5S. The third-order valence-corrected chi connectivity index (χ3v) is 8.20. The van der Waals surface area contributed by atoms with Crippen LogP contribution >= 0.6 is 11.8 Å². The van der Waals surface area contributed by atoms with E-state index in [2.05, 4.69) is 27.5 Å². The van der Waals surface area contributed by atoms with Crippen molar-refractivity contribution in [2.75, 3.05) is 12.3 Å². The average Bonchev–Trinajstić information content (AvgIpc) is 3.02. The summed E-state index contributed by atoms with van der Waals surface area (Å²) in [5, 5.41) is 15.9. The summed E-state index contributed by atoms with van der Waals surface area (Å²) in [6.07, 6.45) is 5.61. The van der Waals surface area contributed by atoms with Crippen molar-refractivity contribution in [2.24, 2.45) is 5.92 Å². The van der Waals surface area contributed by atoms with Crippen LogP contribution in [0.25, 0.3) is 0 Å². The zero-order valence-electron chi connectivity index (χ0n) is 24.2. The van der Waals surface area contributed by atoms with Gasteiger partial charge in [-0.2, -0.15) is 0 Å². The number of benzene rings is 2. The van der Waals surface area contributed by atoms with Crippen molar-refractivity contribution in [3.8, 4) is 0 Å². The predicted molar refractivity (Wildman–Crippen MR) is 161 cm³/mol. The van der Waals surface area contributed by atoms with E-state index in [1.807, 2.05) is 48.5 Å². The number of carbonyl (C=O) groups excluding carboxylic acids is 2. The Morgan fingerprint density at radius 3 is 2.29 bits per heavy atom. The molecule has 0 saturated carbocycles. The monoisotopic (exact) mass is 592 g/mol. The molecule has 4 atom stereocenters. The molecular weight excluding hydrogens is 552 g/mol. The molecule has 4 rings (SSSR count).